The van der Waals surface area contributed by atoms with Gasteiger partial charge in [0, 0.05) is 33.7 Å². The number of thioether (sulfide) groups is 1. The molecule has 0 radical (unpaired) electrons. The van der Waals surface area contributed by atoms with Crippen LogP contribution in [0.5, 0.6) is 0 Å². The SMILES string of the molecule is CC.CCC(C)=S.CCCCO.CCO.CCSC(C)=NC.CCc1nnc(C)n1C.CN.NNC(=O)CBr. The summed E-state index contributed by atoms with van der Waals surface area (Å²) in [6.45, 7) is 20.5. The number of carbonyl (C=O) groups is 1. The number of aromatic nitrogens is 3. The van der Waals surface area contributed by atoms with Gasteiger partial charge in [-0.2, -0.15) is 0 Å². The molecule has 0 unspecified atom stereocenters. The summed E-state index contributed by atoms with van der Waals surface area (Å²) >= 11 is 9.36. The number of rotatable bonds is 6. The second-order valence-electron chi connectivity index (χ2n) is 6.40. The smallest absolute Gasteiger partial charge is 0.244 e. The molecule has 0 fully saturated rings. The van der Waals surface area contributed by atoms with Gasteiger partial charge in [0.25, 0.3) is 0 Å². The van der Waals surface area contributed by atoms with Gasteiger partial charge in [-0.25, -0.2) is 5.84 Å². The fraction of sp³-hybridized carbons (Fsp3) is 0.808. The minimum Gasteiger partial charge on any atom is -0.397 e. The quantitative estimate of drug-likeness (QED) is 0.0535. The van der Waals surface area contributed by atoms with Gasteiger partial charge in [-0.3, -0.25) is 15.2 Å². The maximum atomic E-state index is 9.90. The molecule has 0 aromatic carbocycles. The fourth-order valence-corrected chi connectivity index (χ4v) is 1.94. The van der Waals surface area contributed by atoms with E-state index >= 15 is 0 Å². The van der Waals surface area contributed by atoms with Crippen molar-refractivity contribution < 1.29 is 15.0 Å². The molecule has 1 heterocycles. The van der Waals surface area contributed by atoms with Gasteiger partial charge in [-0.1, -0.05) is 76.1 Å². The summed E-state index contributed by atoms with van der Waals surface area (Å²) in [5, 5.41) is 24.9. The van der Waals surface area contributed by atoms with Crippen molar-refractivity contribution in [1.29, 1.82) is 0 Å². The molecular weight excluding hydrogens is 602 g/mol. The third-order valence-electron chi connectivity index (χ3n) is 3.46. The molecule has 1 aromatic heterocycles. The number of halogens is 1. The Hall–Kier alpha value is -0.960. The number of nitrogens with one attached hydrogen (secondary N) is 1. The molecule has 0 bridgehead atoms. The maximum absolute atomic E-state index is 9.90. The molecule has 1 aromatic rings. The van der Waals surface area contributed by atoms with Crippen LogP contribution in [-0.2, 0) is 18.3 Å². The van der Waals surface area contributed by atoms with Gasteiger partial charge >= 0.3 is 0 Å². The Morgan fingerprint density at radius 2 is 1.56 bits per heavy atom. The number of hydrogen-bond donors (Lipinski definition) is 5. The first-order chi connectivity index (χ1) is 18.5. The Kier molecular flexibility index (Phi) is 74.0. The Labute approximate surface area is 258 Å². The number of nitrogens with zero attached hydrogens (tertiary/aromatic N) is 4. The minimum absolute atomic E-state index is 0.213. The summed E-state index contributed by atoms with van der Waals surface area (Å²) in [7, 11) is 5.30. The van der Waals surface area contributed by atoms with E-state index < -0.39 is 0 Å². The molecule has 10 nitrogen and oxygen atoms in total. The molecule has 238 valence electrons. The topological polar surface area (TPSA) is 165 Å². The van der Waals surface area contributed by atoms with Crippen LogP contribution in [0.15, 0.2) is 4.99 Å². The lowest BCUT2D eigenvalue weighted by molar-refractivity contribution is -0.118. The zero-order chi connectivity index (χ0) is 32.7. The predicted molar refractivity (Wildman–Crippen MR) is 183 cm³/mol. The van der Waals surface area contributed by atoms with Crippen molar-refractivity contribution >= 4 is 55.7 Å². The molecule has 13 heteroatoms. The predicted octanol–water partition coefficient (Wildman–Crippen LogP) is 5.01. The highest BCUT2D eigenvalue weighted by atomic mass is 79.9. The largest absolute Gasteiger partial charge is 0.397 e. The molecule has 0 aliphatic heterocycles. The van der Waals surface area contributed by atoms with E-state index in [0.29, 0.717) is 6.61 Å². The molecule has 7 N–H and O–H groups in total. The number of aliphatic hydroxyl groups excluding tert-OH is 2. The molecule has 1 amide bonds. The first kappa shape index (κ1) is 54.2. The summed E-state index contributed by atoms with van der Waals surface area (Å²) in [5.74, 6) is 7.60. The van der Waals surface area contributed by atoms with Crippen LogP contribution in [0.25, 0.3) is 0 Å². The Balaban J connectivity index is -0.0000000630. The number of aliphatic hydroxyl groups is 2. The highest BCUT2D eigenvalue weighted by Gasteiger charge is 1.99. The van der Waals surface area contributed by atoms with Crippen LogP contribution in [0, 0.1) is 6.92 Å². The van der Waals surface area contributed by atoms with Crippen LogP contribution in [0.4, 0.5) is 0 Å². The second kappa shape index (κ2) is 53.3. The molecule has 0 aliphatic rings. The van der Waals surface area contributed by atoms with Gasteiger partial charge < -0.3 is 20.5 Å². The van der Waals surface area contributed by atoms with Gasteiger partial charge in [0.2, 0.25) is 5.91 Å². The molecule has 39 heavy (non-hydrogen) atoms. The Bertz CT molecular complexity index is 614. The maximum Gasteiger partial charge on any atom is 0.244 e. The molecule has 0 aliphatic carbocycles. The number of aliphatic imine (C=N–C) groups is 1. The third-order valence-corrected chi connectivity index (χ3v) is 5.15. The molecule has 0 saturated carbocycles. The van der Waals surface area contributed by atoms with E-state index in [-0.39, 0.29) is 17.8 Å². The van der Waals surface area contributed by atoms with Crippen molar-refractivity contribution in [3.8, 4) is 0 Å². The van der Waals surface area contributed by atoms with Gasteiger partial charge in [-0.15, -0.1) is 22.0 Å². The molecule has 0 spiro atoms. The van der Waals surface area contributed by atoms with Crippen molar-refractivity contribution in [1.82, 2.24) is 20.2 Å². The number of aryl methyl sites for hydroxylation is 2. The summed E-state index contributed by atoms with van der Waals surface area (Å²) in [6.07, 6.45) is 4.03. The van der Waals surface area contributed by atoms with Crippen molar-refractivity contribution in [2.45, 2.75) is 94.9 Å². The van der Waals surface area contributed by atoms with Gasteiger partial charge in [-0.05, 0) is 58.2 Å². The average Bonchev–Trinajstić information content (AvgIpc) is 3.29. The second-order valence-corrected chi connectivity index (χ2v) is 9.12. The highest BCUT2D eigenvalue weighted by Crippen LogP contribution is 1.99. The van der Waals surface area contributed by atoms with Gasteiger partial charge in [0.05, 0.1) is 10.4 Å². The number of nitrogens with two attached hydrogens (primary N) is 2. The average molecular weight is 665 g/mol. The number of amides is 1. The fourth-order valence-electron chi connectivity index (χ4n) is 1.23. The Morgan fingerprint density at radius 1 is 1.13 bits per heavy atom. The standard InChI is InChI=1S/C6H11N3.C5H11NS.C4H10O.C4H8S.C2H5BrN2O.C2H6O.C2H6.CH5N/c1-4-6-8-7-5(2)9(6)3;1-4-7-5(2)6-3;1-2-3-4-5;1-3-4(2)5;3-1-2(6)5-4;1-2-3;2*1-2/h4H2,1-3H3;4H2,1-3H3;5H,2-4H2,1H3;3H2,1-2H3;1,4H2,(H,5,6);3H,2H2,1H3;1-2H3;2H2,1H3. The number of hydrazine groups is 1. The molecule has 1 rings (SSSR count). The van der Waals surface area contributed by atoms with Crippen LogP contribution in [0.2, 0.25) is 0 Å². The van der Waals surface area contributed by atoms with Crippen molar-refractivity contribution in [3.63, 3.8) is 0 Å². The first-order valence-electron chi connectivity index (χ1n) is 13.2. The molecular formula is C26H62BrN7O3S2. The number of hydrogen-bond acceptors (Lipinski definition) is 10. The summed E-state index contributed by atoms with van der Waals surface area (Å²) < 4.78 is 2.00. The summed E-state index contributed by atoms with van der Waals surface area (Å²) in [5.41, 5.74) is 6.43. The number of unbranched alkanes of at least 4 members (excludes halogenated alkanes) is 1. The van der Waals surface area contributed by atoms with Crippen LogP contribution in [0.1, 0.15) is 93.2 Å². The lowest BCUT2D eigenvalue weighted by Gasteiger charge is -1.94. The molecule has 0 atom stereocenters. The third kappa shape index (κ3) is 62.2. The normalized spacial score (nSPS) is 8.51. The van der Waals surface area contributed by atoms with Crippen molar-refractivity contribution in [2.24, 2.45) is 23.6 Å². The zero-order valence-corrected chi connectivity index (χ0v) is 30.3. The van der Waals surface area contributed by atoms with Crippen LogP contribution >= 0.6 is 39.9 Å². The summed E-state index contributed by atoms with van der Waals surface area (Å²) in [4.78, 5) is 14.9. The number of carbonyl (C=O) groups excluding carboxylic acids is 1. The van der Waals surface area contributed by atoms with E-state index in [4.69, 9.17) is 22.4 Å². The first-order valence-corrected chi connectivity index (χ1v) is 15.7. The monoisotopic (exact) mass is 663 g/mol. The van der Waals surface area contributed by atoms with Crippen LogP contribution < -0.4 is 17.0 Å². The van der Waals surface area contributed by atoms with E-state index in [1.807, 2.05) is 58.7 Å². The van der Waals surface area contributed by atoms with Crippen LogP contribution in [0.3, 0.4) is 0 Å². The van der Waals surface area contributed by atoms with E-state index in [1.54, 1.807) is 18.7 Å². The summed E-state index contributed by atoms with van der Waals surface area (Å²) in [6, 6.07) is 0. The minimum atomic E-state index is -0.213. The lowest BCUT2D eigenvalue weighted by atomic mass is 10.4. The van der Waals surface area contributed by atoms with E-state index in [2.05, 4.69) is 70.4 Å². The van der Waals surface area contributed by atoms with E-state index in [9.17, 15) is 4.79 Å². The van der Waals surface area contributed by atoms with E-state index in [0.717, 1.165) is 47.9 Å². The van der Waals surface area contributed by atoms with Gasteiger partial charge in [0.15, 0.2) is 0 Å². The lowest BCUT2D eigenvalue weighted by Crippen LogP contribution is -2.30. The van der Waals surface area contributed by atoms with Gasteiger partial charge in [0.1, 0.15) is 11.6 Å². The molecule has 0 saturated heterocycles. The highest BCUT2D eigenvalue weighted by molar-refractivity contribution is 9.09. The number of alkyl halides is 1. The van der Waals surface area contributed by atoms with Crippen molar-refractivity contribution in [2.75, 3.05) is 38.4 Å². The Morgan fingerprint density at radius 3 is 1.64 bits per heavy atom. The van der Waals surface area contributed by atoms with E-state index in [1.165, 1.54) is 12.1 Å². The van der Waals surface area contributed by atoms with Crippen LogP contribution in [-0.4, -0.2) is 79.2 Å². The van der Waals surface area contributed by atoms with Crippen molar-refractivity contribution in [3.05, 3.63) is 11.6 Å². The number of thiocarbonyl (C=S) groups is 1. The zero-order valence-electron chi connectivity index (χ0n) is 27.1.